The molecule has 144 valence electrons. The molecule has 4 aliphatic rings. The van der Waals surface area contributed by atoms with Gasteiger partial charge in [0.05, 0.1) is 24.1 Å². The van der Waals surface area contributed by atoms with Crippen molar-refractivity contribution in [3.8, 4) is 0 Å². The quantitative estimate of drug-likeness (QED) is 0.468. The Morgan fingerprint density at radius 2 is 2.04 bits per heavy atom. The highest BCUT2D eigenvalue weighted by atomic mass is 35.5. The van der Waals surface area contributed by atoms with Crippen LogP contribution in [0, 0.1) is 30.1 Å². The third-order valence-corrected chi connectivity index (χ3v) is 6.37. The summed E-state index contributed by atoms with van der Waals surface area (Å²) in [6.07, 6.45) is 4.60. The first-order chi connectivity index (χ1) is 13.0. The van der Waals surface area contributed by atoms with E-state index in [9.17, 15) is 4.79 Å². The Kier molecular flexibility index (Phi) is 4.94. The van der Waals surface area contributed by atoms with Crippen LogP contribution in [0.15, 0.2) is 0 Å². The van der Waals surface area contributed by atoms with Crippen LogP contribution in [-0.2, 0) is 9.53 Å². The van der Waals surface area contributed by atoms with Gasteiger partial charge in [0, 0.05) is 12.5 Å². The Morgan fingerprint density at radius 3 is 2.67 bits per heavy atom. The van der Waals surface area contributed by atoms with Crippen molar-refractivity contribution in [2.24, 2.45) is 17.8 Å². The van der Waals surface area contributed by atoms with E-state index in [1.165, 1.54) is 0 Å². The first-order valence-corrected chi connectivity index (χ1v) is 9.94. The number of nitrogens with one attached hydrogen (secondary N) is 1. The monoisotopic (exact) mass is 392 g/mol. The van der Waals surface area contributed by atoms with Crippen molar-refractivity contribution >= 4 is 23.4 Å². The van der Waals surface area contributed by atoms with Gasteiger partial charge in [-0.3, -0.25) is 4.79 Å². The Morgan fingerprint density at radius 1 is 1.33 bits per heavy atom. The number of anilines is 1. The molecule has 0 aliphatic heterocycles. The SMILES string of the molecule is [C-]#[N+]C1CC1c1nc(Cl)nc(N[C@H]2C3CCC(CC3)[C@@H]2C(=O)OCC)c1F. The lowest BCUT2D eigenvalue weighted by Crippen LogP contribution is -2.52. The number of esters is 1. The fourth-order valence-electron chi connectivity index (χ4n) is 4.79. The van der Waals surface area contributed by atoms with Crippen molar-refractivity contribution in [3.63, 3.8) is 0 Å². The van der Waals surface area contributed by atoms with E-state index in [0.717, 1.165) is 25.7 Å². The van der Waals surface area contributed by atoms with Crippen LogP contribution in [0.4, 0.5) is 10.2 Å². The lowest BCUT2D eigenvalue weighted by Gasteiger charge is -2.47. The fraction of sp³-hybridized carbons (Fsp3) is 0.684. The van der Waals surface area contributed by atoms with Crippen molar-refractivity contribution in [1.82, 2.24) is 9.97 Å². The van der Waals surface area contributed by atoms with E-state index in [1.807, 2.05) is 0 Å². The van der Waals surface area contributed by atoms with Crippen molar-refractivity contribution in [2.45, 2.75) is 57.0 Å². The van der Waals surface area contributed by atoms with E-state index < -0.39 is 5.82 Å². The number of aromatic nitrogens is 2. The van der Waals surface area contributed by atoms with Gasteiger partial charge in [0.15, 0.2) is 11.6 Å². The Hall–Kier alpha value is -1.94. The molecule has 0 spiro atoms. The lowest BCUT2D eigenvalue weighted by molar-refractivity contribution is -0.154. The van der Waals surface area contributed by atoms with Crippen molar-refractivity contribution < 1.29 is 13.9 Å². The highest BCUT2D eigenvalue weighted by Crippen LogP contribution is 2.48. The maximum atomic E-state index is 15.1. The summed E-state index contributed by atoms with van der Waals surface area (Å²) in [5.41, 5.74) is 0.201. The van der Waals surface area contributed by atoms with Gasteiger partial charge in [0.25, 0.3) is 0 Å². The van der Waals surface area contributed by atoms with Crippen LogP contribution in [0.2, 0.25) is 5.28 Å². The van der Waals surface area contributed by atoms with Crippen LogP contribution < -0.4 is 5.32 Å². The molecule has 27 heavy (non-hydrogen) atoms. The molecule has 1 aromatic heterocycles. The average molecular weight is 393 g/mol. The van der Waals surface area contributed by atoms with Crippen LogP contribution in [0.5, 0.6) is 0 Å². The van der Waals surface area contributed by atoms with Crippen LogP contribution in [-0.4, -0.2) is 34.6 Å². The minimum atomic E-state index is -0.556. The molecule has 0 amide bonds. The zero-order valence-corrected chi connectivity index (χ0v) is 15.9. The molecule has 1 heterocycles. The maximum Gasteiger partial charge on any atom is 0.311 e. The Bertz CT molecular complexity index is 791. The maximum absolute atomic E-state index is 15.1. The zero-order chi connectivity index (χ0) is 19.1. The largest absolute Gasteiger partial charge is 0.466 e. The smallest absolute Gasteiger partial charge is 0.311 e. The molecule has 4 fully saturated rings. The van der Waals surface area contributed by atoms with Gasteiger partial charge in [-0.25, -0.2) is 15.9 Å². The van der Waals surface area contributed by atoms with E-state index >= 15 is 4.39 Å². The summed E-state index contributed by atoms with van der Waals surface area (Å²) < 4.78 is 20.4. The Balaban J connectivity index is 1.62. The van der Waals surface area contributed by atoms with Crippen LogP contribution in [0.1, 0.15) is 50.6 Å². The highest BCUT2D eigenvalue weighted by molar-refractivity contribution is 6.28. The predicted octanol–water partition coefficient (Wildman–Crippen LogP) is 3.82. The fourth-order valence-corrected chi connectivity index (χ4v) is 4.96. The van der Waals surface area contributed by atoms with E-state index in [1.54, 1.807) is 6.92 Å². The number of hydrogen-bond donors (Lipinski definition) is 1. The van der Waals surface area contributed by atoms with Gasteiger partial charge in [-0.05, 0) is 56.0 Å². The molecule has 1 aromatic rings. The second kappa shape index (κ2) is 7.23. The van der Waals surface area contributed by atoms with Crippen molar-refractivity contribution in [2.75, 3.05) is 11.9 Å². The summed E-state index contributed by atoms with van der Waals surface area (Å²) in [6.45, 7) is 9.23. The lowest BCUT2D eigenvalue weighted by atomic mass is 9.61. The highest BCUT2D eigenvalue weighted by Gasteiger charge is 2.50. The predicted molar refractivity (Wildman–Crippen MR) is 97.7 cm³/mol. The molecule has 4 saturated carbocycles. The second-order valence-electron chi connectivity index (χ2n) is 7.70. The molecule has 0 radical (unpaired) electrons. The molecular weight excluding hydrogens is 371 g/mol. The molecule has 4 aliphatic carbocycles. The van der Waals surface area contributed by atoms with Crippen molar-refractivity contribution in [1.29, 1.82) is 0 Å². The standard InChI is InChI=1S/C19H22ClFN4O2/c1-3-27-18(26)13-9-4-6-10(7-5-9)15(13)23-17-14(21)16(24-19(20)25-17)11-8-12(11)22-2/h9-13,15H,3-8H2,1H3,(H,23,24,25)/t9?,10?,11?,12?,13-,15-/m0/s1. The summed E-state index contributed by atoms with van der Waals surface area (Å²) in [5, 5.41) is 3.13. The second-order valence-corrected chi connectivity index (χ2v) is 8.04. The molecule has 5 rings (SSSR count). The third kappa shape index (κ3) is 3.36. The van der Waals surface area contributed by atoms with Gasteiger partial charge in [-0.15, -0.1) is 0 Å². The normalized spacial score (nSPS) is 34.0. The van der Waals surface area contributed by atoms with Gasteiger partial charge in [-0.1, -0.05) is 0 Å². The number of carbonyl (C=O) groups excluding carboxylic acids is 1. The molecule has 6 nitrogen and oxygen atoms in total. The summed E-state index contributed by atoms with van der Waals surface area (Å²) in [5.74, 6) is -0.745. The molecule has 0 aromatic carbocycles. The van der Waals surface area contributed by atoms with Crippen LogP contribution >= 0.6 is 11.6 Å². The van der Waals surface area contributed by atoms with Crippen LogP contribution in [0.3, 0.4) is 0 Å². The molecule has 2 unspecified atom stereocenters. The summed E-state index contributed by atoms with van der Waals surface area (Å²) in [7, 11) is 0. The average Bonchev–Trinajstić information content (AvgIpc) is 3.45. The minimum absolute atomic E-state index is 0.0347. The van der Waals surface area contributed by atoms with Gasteiger partial charge < -0.3 is 14.9 Å². The number of rotatable bonds is 5. The summed E-state index contributed by atoms with van der Waals surface area (Å²) in [4.78, 5) is 24.1. The zero-order valence-electron chi connectivity index (χ0n) is 15.1. The first-order valence-electron chi connectivity index (χ1n) is 9.56. The Labute approximate surface area is 162 Å². The minimum Gasteiger partial charge on any atom is -0.466 e. The number of hydrogen-bond acceptors (Lipinski definition) is 5. The van der Waals surface area contributed by atoms with Gasteiger partial charge in [0.1, 0.15) is 0 Å². The van der Waals surface area contributed by atoms with E-state index in [-0.39, 0.29) is 58.5 Å². The molecular formula is C19H22ClFN4O2. The molecule has 0 saturated heterocycles. The van der Waals surface area contributed by atoms with E-state index in [0.29, 0.717) is 13.0 Å². The van der Waals surface area contributed by atoms with Gasteiger partial charge in [0.2, 0.25) is 11.3 Å². The molecule has 4 atom stereocenters. The number of halogens is 2. The number of fused-ring (bicyclic) bond motifs is 3. The number of ether oxygens (including phenoxy) is 1. The van der Waals surface area contributed by atoms with Gasteiger partial charge in [-0.2, -0.15) is 4.98 Å². The van der Waals surface area contributed by atoms with Crippen LogP contribution in [0.25, 0.3) is 4.85 Å². The first kappa shape index (κ1) is 18.4. The topological polar surface area (TPSA) is 68.5 Å². The summed E-state index contributed by atoms with van der Waals surface area (Å²) >= 11 is 6.03. The van der Waals surface area contributed by atoms with E-state index in [2.05, 4.69) is 20.1 Å². The number of carbonyl (C=O) groups is 1. The van der Waals surface area contributed by atoms with Crippen molar-refractivity contribution in [3.05, 3.63) is 28.2 Å². The molecule has 2 bridgehead atoms. The van der Waals surface area contributed by atoms with E-state index in [4.69, 9.17) is 22.9 Å². The molecule has 8 heteroatoms. The van der Waals surface area contributed by atoms with Gasteiger partial charge >= 0.3 is 5.97 Å². The number of nitrogens with zero attached hydrogens (tertiary/aromatic N) is 3. The third-order valence-electron chi connectivity index (χ3n) is 6.20. The molecule has 1 N–H and O–H groups in total. The summed E-state index contributed by atoms with van der Waals surface area (Å²) in [6, 6.07) is -0.461.